The molecule has 1 aliphatic rings. The van der Waals surface area contributed by atoms with Crippen molar-refractivity contribution in [1.82, 2.24) is 5.32 Å². The number of esters is 1. The third-order valence-corrected chi connectivity index (χ3v) is 4.52. The van der Waals surface area contributed by atoms with Gasteiger partial charge in [0.2, 0.25) is 0 Å². The summed E-state index contributed by atoms with van der Waals surface area (Å²) in [6.45, 7) is 3.94. The van der Waals surface area contributed by atoms with Crippen LogP contribution in [0.15, 0.2) is 54.6 Å². The predicted octanol–water partition coefficient (Wildman–Crippen LogP) is 3.61. The zero-order chi connectivity index (χ0) is 16.1. The van der Waals surface area contributed by atoms with E-state index in [9.17, 15) is 4.79 Å². The number of ether oxygens (including phenoxy) is 1. The Morgan fingerprint density at radius 2 is 1.78 bits per heavy atom. The zero-order valence-electron chi connectivity index (χ0n) is 13.5. The summed E-state index contributed by atoms with van der Waals surface area (Å²) in [6, 6.07) is 19.0. The first kappa shape index (κ1) is 15.8. The van der Waals surface area contributed by atoms with Crippen LogP contribution in [0.1, 0.15) is 24.8 Å². The van der Waals surface area contributed by atoms with Crippen molar-refractivity contribution < 1.29 is 9.53 Å². The Hall–Kier alpha value is -2.13. The Morgan fingerprint density at radius 3 is 2.48 bits per heavy atom. The molecule has 3 nitrogen and oxygen atoms in total. The topological polar surface area (TPSA) is 38.3 Å². The Balaban J connectivity index is 1.81. The highest BCUT2D eigenvalue weighted by Gasteiger charge is 2.32. The van der Waals surface area contributed by atoms with Gasteiger partial charge in [-0.15, -0.1) is 0 Å². The molecule has 1 heterocycles. The van der Waals surface area contributed by atoms with Gasteiger partial charge in [-0.2, -0.15) is 0 Å². The molecule has 0 amide bonds. The van der Waals surface area contributed by atoms with Crippen LogP contribution in [0, 0.1) is 5.92 Å². The SMILES string of the molecule is CCOC(=O)[C@@H]1CNCCC1c1ccc(-c2ccccc2)cc1. The molecule has 0 saturated carbocycles. The van der Waals surface area contributed by atoms with Crippen molar-refractivity contribution in [3.63, 3.8) is 0 Å². The Kier molecular flexibility index (Phi) is 5.09. The Bertz CT molecular complexity index is 636. The van der Waals surface area contributed by atoms with Crippen LogP contribution in [0.3, 0.4) is 0 Å². The van der Waals surface area contributed by atoms with E-state index in [1.54, 1.807) is 0 Å². The molecule has 0 aliphatic carbocycles. The molecule has 1 aliphatic heterocycles. The van der Waals surface area contributed by atoms with Gasteiger partial charge in [-0.25, -0.2) is 0 Å². The lowest BCUT2D eigenvalue weighted by atomic mass is 9.81. The van der Waals surface area contributed by atoms with Crippen LogP contribution in [0.25, 0.3) is 11.1 Å². The molecule has 2 aromatic carbocycles. The molecule has 1 fully saturated rings. The zero-order valence-corrected chi connectivity index (χ0v) is 13.5. The van der Waals surface area contributed by atoms with E-state index in [0.717, 1.165) is 13.0 Å². The molecule has 3 heteroatoms. The van der Waals surface area contributed by atoms with Crippen LogP contribution in [0.2, 0.25) is 0 Å². The first-order chi connectivity index (χ1) is 11.3. The fourth-order valence-electron chi connectivity index (χ4n) is 3.31. The van der Waals surface area contributed by atoms with E-state index in [4.69, 9.17) is 4.74 Å². The summed E-state index contributed by atoms with van der Waals surface area (Å²) in [6.07, 6.45) is 0.966. The summed E-state index contributed by atoms with van der Waals surface area (Å²) in [5.74, 6) is 0.0586. The van der Waals surface area contributed by atoms with Crippen molar-refractivity contribution >= 4 is 5.97 Å². The standard InChI is InChI=1S/C20H23NO2/c1-2-23-20(22)19-14-21-13-12-18(19)17-10-8-16(9-11-17)15-6-4-3-5-7-15/h3-11,18-19,21H,2,12-14H2,1H3/t18?,19-/m1/s1. The second kappa shape index (κ2) is 7.42. The summed E-state index contributed by atoms with van der Waals surface area (Å²) in [7, 11) is 0. The van der Waals surface area contributed by atoms with Crippen LogP contribution in [0.4, 0.5) is 0 Å². The van der Waals surface area contributed by atoms with Gasteiger partial charge in [0.15, 0.2) is 0 Å². The van der Waals surface area contributed by atoms with Crippen molar-refractivity contribution in [2.24, 2.45) is 5.92 Å². The summed E-state index contributed by atoms with van der Waals surface area (Å²) in [5.41, 5.74) is 3.64. The third kappa shape index (κ3) is 3.62. The molecule has 1 saturated heterocycles. The average Bonchev–Trinajstić information content (AvgIpc) is 2.63. The van der Waals surface area contributed by atoms with Crippen molar-refractivity contribution in [2.75, 3.05) is 19.7 Å². The minimum atomic E-state index is -0.0914. The van der Waals surface area contributed by atoms with Gasteiger partial charge in [0, 0.05) is 6.54 Å². The maximum atomic E-state index is 12.2. The third-order valence-electron chi connectivity index (χ3n) is 4.52. The maximum absolute atomic E-state index is 12.2. The fourth-order valence-corrected chi connectivity index (χ4v) is 3.31. The lowest BCUT2D eigenvalue weighted by molar-refractivity contribution is -0.149. The minimum absolute atomic E-state index is 0.0863. The number of hydrogen-bond acceptors (Lipinski definition) is 3. The molecule has 1 N–H and O–H groups in total. The first-order valence-corrected chi connectivity index (χ1v) is 8.32. The lowest BCUT2D eigenvalue weighted by Crippen LogP contribution is -2.40. The normalized spacial score (nSPS) is 20.9. The van der Waals surface area contributed by atoms with Crippen molar-refractivity contribution in [2.45, 2.75) is 19.3 Å². The average molecular weight is 309 g/mol. The summed E-state index contributed by atoms with van der Waals surface area (Å²) in [5, 5.41) is 3.31. The van der Waals surface area contributed by atoms with E-state index in [0.29, 0.717) is 13.2 Å². The van der Waals surface area contributed by atoms with E-state index in [-0.39, 0.29) is 17.8 Å². The highest BCUT2D eigenvalue weighted by atomic mass is 16.5. The highest BCUT2D eigenvalue weighted by Crippen LogP contribution is 2.32. The van der Waals surface area contributed by atoms with Crippen molar-refractivity contribution in [3.8, 4) is 11.1 Å². The number of carbonyl (C=O) groups is 1. The molecule has 120 valence electrons. The van der Waals surface area contributed by atoms with Gasteiger partial charge < -0.3 is 10.1 Å². The van der Waals surface area contributed by atoms with Crippen LogP contribution < -0.4 is 5.32 Å². The second-order valence-electron chi connectivity index (χ2n) is 5.95. The molecule has 3 rings (SSSR count). The van der Waals surface area contributed by atoms with Gasteiger partial charge in [-0.05, 0) is 42.5 Å². The predicted molar refractivity (Wildman–Crippen MR) is 92.2 cm³/mol. The van der Waals surface area contributed by atoms with Crippen molar-refractivity contribution in [1.29, 1.82) is 0 Å². The van der Waals surface area contributed by atoms with Crippen LogP contribution in [-0.4, -0.2) is 25.7 Å². The smallest absolute Gasteiger partial charge is 0.310 e. The number of hydrogen-bond donors (Lipinski definition) is 1. The second-order valence-corrected chi connectivity index (χ2v) is 5.95. The van der Waals surface area contributed by atoms with Crippen LogP contribution in [0.5, 0.6) is 0 Å². The first-order valence-electron chi connectivity index (χ1n) is 8.32. The van der Waals surface area contributed by atoms with E-state index in [1.807, 2.05) is 25.1 Å². The number of carbonyl (C=O) groups excluding carboxylic acids is 1. The molecule has 23 heavy (non-hydrogen) atoms. The molecule has 2 atom stereocenters. The molecule has 0 spiro atoms. The number of piperidine rings is 1. The van der Waals surface area contributed by atoms with Gasteiger partial charge in [0.05, 0.1) is 12.5 Å². The van der Waals surface area contributed by atoms with Gasteiger partial charge >= 0.3 is 5.97 Å². The highest BCUT2D eigenvalue weighted by molar-refractivity contribution is 5.74. The van der Waals surface area contributed by atoms with Crippen LogP contribution in [-0.2, 0) is 9.53 Å². The Morgan fingerprint density at radius 1 is 1.09 bits per heavy atom. The molecule has 0 radical (unpaired) electrons. The number of benzene rings is 2. The lowest BCUT2D eigenvalue weighted by Gasteiger charge is -2.31. The summed E-state index contributed by atoms with van der Waals surface area (Å²) < 4.78 is 5.25. The van der Waals surface area contributed by atoms with Gasteiger partial charge in [-0.1, -0.05) is 54.6 Å². The van der Waals surface area contributed by atoms with Gasteiger partial charge in [0.1, 0.15) is 0 Å². The van der Waals surface area contributed by atoms with Gasteiger partial charge in [-0.3, -0.25) is 4.79 Å². The van der Waals surface area contributed by atoms with E-state index >= 15 is 0 Å². The van der Waals surface area contributed by atoms with Gasteiger partial charge in [0.25, 0.3) is 0 Å². The largest absolute Gasteiger partial charge is 0.466 e. The quantitative estimate of drug-likeness (QED) is 0.877. The molecular formula is C20H23NO2. The van der Waals surface area contributed by atoms with Crippen LogP contribution >= 0.6 is 0 Å². The van der Waals surface area contributed by atoms with Crippen molar-refractivity contribution in [3.05, 3.63) is 60.2 Å². The summed E-state index contributed by atoms with van der Waals surface area (Å²) >= 11 is 0. The number of nitrogens with one attached hydrogen (secondary N) is 1. The Labute approximate surface area is 137 Å². The summed E-state index contributed by atoms with van der Waals surface area (Å²) in [4.78, 5) is 12.2. The van der Waals surface area contributed by atoms with E-state index in [2.05, 4.69) is 41.7 Å². The molecule has 0 bridgehead atoms. The molecular weight excluding hydrogens is 286 g/mol. The number of rotatable bonds is 4. The molecule has 2 aromatic rings. The monoisotopic (exact) mass is 309 g/mol. The fraction of sp³-hybridized carbons (Fsp3) is 0.350. The minimum Gasteiger partial charge on any atom is -0.466 e. The van der Waals surface area contributed by atoms with E-state index < -0.39 is 0 Å². The molecule has 1 unspecified atom stereocenters. The maximum Gasteiger partial charge on any atom is 0.310 e. The van der Waals surface area contributed by atoms with E-state index in [1.165, 1.54) is 16.7 Å². The molecule has 0 aromatic heterocycles.